The van der Waals surface area contributed by atoms with Crippen LogP contribution in [0.25, 0.3) is 0 Å². The van der Waals surface area contributed by atoms with Gasteiger partial charge in [0, 0.05) is 5.75 Å². The van der Waals surface area contributed by atoms with Crippen LogP contribution in [0, 0.1) is 0 Å². The minimum atomic E-state index is -2.86. The van der Waals surface area contributed by atoms with Gasteiger partial charge in [0.15, 0.2) is 0 Å². The van der Waals surface area contributed by atoms with E-state index in [2.05, 4.69) is 0 Å². The van der Waals surface area contributed by atoms with Crippen LogP contribution in [0.1, 0.15) is 19.3 Å². The summed E-state index contributed by atoms with van der Waals surface area (Å²) in [7, 11) is 0.839. The van der Waals surface area contributed by atoms with Crippen molar-refractivity contribution in [3.05, 3.63) is 0 Å². The molecule has 30 heavy (non-hydrogen) atoms. The van der Waals surface area contributed by atoms with Crippen molar-refractivity contribution < 1.29 is 59.4 Å². The first kappa shape index (κ1) is 27.4. The van der Waals surface area contributed by atoms with Gasteiger partial charge in [0.05, 0.1) is 30.6 Å². The third-order valence-electron chi connectivity index (χ3n) is 3.76. The van der Waals surface area contributed by atoms with Gasteiger partial charge >= 0.3 is 35.8 Å². The van der Waals surface area contributed by atoms with Gasteiger partial charge in [-0.25, -0.2) is 0 Å². The zero-order valence-corrected chi connectivity index (χ0v) is 16.8. The van der Waals surface area contributed by atoms with Crippen molar-refractivity contribution >= 4 is 57.4 Å². The zero-order valence-electron chi connectivity index (χ0n) is 15.1. The Morgan fingerprint density at radius 1 is 0.800 bits per heavy atom. The molecule has 0 aliphatic heterocycles. The van der Waals surface area contributed by atoms with Crippen molar-refractivity contribution in [2.75, 3.05) is 12.3 Å². The molecule has 0 aromatic rings. The first-order valence-corrected chi connectivity index (χ1v) is 10.2. The highest BCUT2D eigenvalue weighted by Crippen LogP contribution is 2.50. The van der Waals surface area contributed by atoms with Crippen LogP contribution in [0.4, 0.5) is 0 Å². The Hall–Kier alpha value is -2.56. The van der Waals surface area contributed by atoms with E-state index in [1.165, 1.54) is 0 Å². The van der Waals surface area contributed by atoms with Crippen molar-refractivity contribution in [3.63, 3.8) is 0 Å². The number of hydrogen-bond acceptors (Lipinski definition) is 10. The molecule has 0 saturated heterocycles. The van der Waals surface area contributed by atoms with Gasteiger partial charge in [-0.2, -0.15) is 0 Å². The van der Waals surface area contributed by atoms with Gasteiger partial charge in [-0.3, -0.25) is 34.1 Å². The second-order valence-corrected chi connectivity index (χ2v) is 8.70. The van der Waals surface area contributed by atoms with E-state index in [9.17, 15) is 49.2 Å². The first-order chi connectivity index (χ1) is 13.7. The molecule has 2 atom stereocenters. The smallest absolute Gasteiger partial charge is 0.326 e. The number of hydrogen-bond donors (Lipinski definition) is 8. The molecular formula is C14H20N2O12S2. The lowest BCUT2D eigenvalue weighted by Crippen LogP contribution is -2.68. The largest absolute Gasteiger partial charge is 0.481 e. The highest BCUT2D eigenvalue weighted by atomic mass is 33.1. The van der Waals surface area contributed by atoms with Crippen molar-refractivity contribution in [2.24, 2.45) is 5.73 Å². The molecule has 0 aromatic heterocycles. The summed E-state index contributed by atoms with van der Waals surface area (Å²) in [5.41, 5.74) is 2.46. The maximum atomic E-state index is 12.1. The summed E-state index contributed by atoms with van der Waals surface area (Å²) in [5, 5.41) is 57.3. The van der Waals surface area contributed by atoms with Gasteiger partial charge in [0.1, 0.15) is 11.6 Å². The number of carboxylic acids is 6. The molecule has 0 aliphatic rings. The standard InChI is InChI=1S/C14H20N2O12S2/c15-6(11(25)26)5-29-30-13(1-7(17)18,2-8(19)20)14(12(27)28,3-9(21)22)16-4-10(23)24/h6,16H,1-5,15H2,(H,17,18)(H,19,20)(H,21,22)(H,23,24)(H,25,26)(H,27,28)/t6-,14+/m0/s1. The fourth-order valence-corrected chi connectivity index (χ4v) is 5.88. The average molecular weight is 472 g/mol. The van der Waals surface area contributed by atoms with E-state index in [4.69, 9.17) is 15.9 Å². The van der Waals surface area contributed by atoms with E-state index >= 15 is 0 Å². The van der Waals surface area contributed by atoms with Gasteiger partial charge in [-0.15, -0.1) is 0 Å². The quantitative estimate of drug-likeness (QED) is 0.118. The number of carbonyl (C=O) groups is 6. The number of aliphatic carboxylic acids is 6. The van der Waals surface area contributed by atoms with Crippen molar-refractivity contribution in [2.45, 2.75) is 35.6 Å². The van der Waals surface area contributed by atoms with E-state index in [-0.39, 0.29) is 0 Å². The lowest BCUT2D eigenvalue weighted by Gasteiger charge is -2.45. The molecule has 170 valence electrons. The van der Waals surface area contributed by atoms with Gasteiger partial charge in [-0.05, 0) is 0 Å². The number of nitrogens with two attached hydrogens (primary N) is 1. The molecule has 0 fully saturated rings. The summed E-state index contributed by atoms with van der Waals surface area (Å²) in [6.07, 6.45) is -3.77. The Morgan fingerprint density at radius 3 is 1.60 bits per heavy atom. The Morgan fingerprint density at radius 2 is 1.27 bits per heavy atom. The normalized spacial score (nSPS) is 14.3. The lowest BCUT2D eigenvalue weighted by atomic mass is 9.75. The van der Waals surface area contributed by atoms with Crippen molar-refractivity contribution in [1.82, 2.24) is 5.32 Å². The molecule has 0 heterocycles. The third-order valence-corrected chi connectivity index (χ3v) is 7.05. The van der Waals surface area contributed by atoms with Crippen LogP contribution in [0.5, 0.6) is 0 Å². The van der Waals surface area contributed by atoms with Gasteiger partial charge in [0.25, 0.3) is 0 Å². The molecule has 0 radical (unpaired) electrons. The summed E-state index contributed by atoms with van der Waals surface area (Å²) in [6, 6.07) is -1.47. The van der Waals surface area contributed by atoms with Crippen LogP contribution >= 0.6 is 21.6 Å². The van der Waals surface area contributed by atoms with Crippen LogP contribution in [0.3, 0.4) is 0 Å². The molecule has 9 N–H and O–H groups in total. The molecule has 0 rings (SSSR count). The van der Waals surface area contributed by atoms with Crippen LogP contribution in [0.15, 0.2) is 0 Å². The highest BCUT2D eigenvalue weighted by Gasteiger charge is 2.61. The Bertz CT molecular complexity index is 699. The SMILES string of the molecule is N[C@@H](CSSC(CC(=O)O)(CC(=O)O)[C@](CC(=O)O)(NCC(=O)O)C(=O)O)C(=O)O. The fraction of sp³-hybridized carbons (Fsp3) is 0.571. The number of nitrogens with one attached hydrogen (secondary N) is 1. The van der Waals surface area contributed by atoms with Gasteiger partial charge in [-0.1, -0.05) is 21.6 Å². The van der Waals surface area contributed by atoms with Crippen LogP contribution in [0.2, 0.25) is 0 Å². The number of rotatable bonds is 16. The van der Waals surface area contributed by atoms with E-state index in [0.717, 1.165) is 0 Å². The molecule has 0 spiro atoms. The molecule has 0 aliphatic carbocycles. The first-order valence-electron chi connectivity index (χ1n) is 7.83. The summed E-state index contributed by atoms with van der Waals surface area (Å²) < 4.78 is -2.45. The Balaban J connectivity index is 6.56. The topological polar surface area (TPSA) is 262 Å². The minimum Gasteiger partial charge on any atom is -0.481 e. The number of carboxylic acid groups (broad SMARTS) is 6. The van der Waals surface area contributed by atoms with Gasteiger partial charge in [0.2, 0.25) is 0 Å². The summed E-state index contributed by atoms with van der Waals surface area (Å²) >= 11 is 0. The Labute approximate surface area is 176 Å². The highest BCUT2D eigenvalue weighted by molar-refractivity contribution is 8.77. The molecule has 16 heteroatoms. The fourth-order valence-electron chi connectivity index (χ4n) is 2.46. The summed E-state index contributed by atoms with van der Waals surface area (Å²) in [6.45, 7) is -1.12. The second kappa shape index (κ2) is 11.6. The van der Waals surface area contributed by atoms with Gasteiger partial charge < -0.3 is 36.4 Å². The molecular weight excluding hydrogens is 452 g/mol. The molecule has 0 unspecified atom stereocenters. The van der Waals surface area contributed by atoms with E-state index in [1.807, 2.05) is 5.32 Å². The predicted octanol–water partition coefficient (Wildman–Crippen LogP) is -1.56. The minimum absolute atomic E-state index is 0.312. The van der Waals surface area contributed by atoms with E-state index < -0.39 is 83.7 Å². The molecule has 0 bridgehead atoms. The molecule has 14 nitrogen and oxygen atoms in total. The zero-order chi connectivity index (χ0) is 23.7. The predicted molar refractivity (Wildman–Crippen MR) is 101 cm³/mol. The maximum absolute atomic E-state index is 12.1. The third kappa shape index (κ3) is 7.69. The summed E-state index contributed by atoms with van der Waals surface area (Å²) in [5.74, 6) is -10.6. The lowest BCUT2D eigenvalue weighted by molar-refractivity contribution is -0.156. The van der Waals surface area contributed by atoms with Crippen molar-refractivity contribution in [1.29, 1.82) is 0 Å². The monoisotopic (exact) mass is 472 g/mol. The summed E-state index contributed by atoms with van der Waals surface area (Å²) in [4.78, 5) is 68.3. The van der Waals surface area contributed by atoms with Crippen LogP contribution in [-0.4, -0.2) is 95.1 Å². The maximum Gasteiger partial charge on any atom is 0.326 e. The van der Waals surface area contributed by atoms with E-state index in [0.29, 0.717) is 21.6 Å². The Kier molecular flexibility index (Phi) is 10.6. The van der Waals surface area contributed by atoms with Crippen LogP contribution < -0.4 is 11.1 Å². The molecule has 0 aromatic carbocycles. The average Bonchev–Trinajstić information content (AvgIpc) is 2.56. The second-order valence-electron chi connectivity index (χ2n) is 5.98. The molecule has 0 saturated carbocycles. The molecule has 0 amide bonds. The van der Waals surface area contributed by atoms with E-state index in [1.54, 1.807) is 0 Å². The van der Waals surface area contributed by atoms with Crippen molar-refractivity contribution in [3.8, 4) is 0 Å². The van der Waals surface area contributed by atoms with Crippen LogP contribution in [-0.2, 0) is 28.8 Å².